The lowest BCUT2D eigenvalue weighted by Crippen LogP contribution is -2.46. The van der Waals surface area contributed by atoms with E-state index in [4.69, 9.17) is 4.74 Å². The topological polar surface area (TPSA) is 43.4 Å². The van der Waals surface area contributed by atoms with E-state index in [1.165, 1.54) is 0 Å². The fraction of sp³-hybridized carbons (Fsp3) is 0.360. The molecule has 6 atom stereocenters. The van der Waals surface area contributed by atoms with Gasteiger partial charge in [-0.25, -0.2) is 4.79 Å². The average molecular weight is 455 g/mol. The molecule has 0 heterocycles. The maximum Gasteiger partial charge on any atom is 0.338 e. The summed E-state index contributed by atoms with van der Waals surface area (Å²) in [7, 11) is 0. The van der Waals surface area contributed by atoms with Gasteiger partial charge in [0.1, 0.15) is 11.9 Å². The summed E-state index contributed by atoms with van der Waals surface area (Å²) in [5.74, 6) is -0.375. The molecule has 3 rings (SSSR count). The molecule has 152 valence electrons. The van der Waals surface area contributed by atoms with Crippen molar-refractivity contribution in [1.82, 2.24) is 0 Å². The minimum atomic E-state index is -0.632. The van der Waals surface area contributed by atoms with E-state index in [9.17, 15) is 9.59 Å². The molecule has 0 aliphatic heterocycles. The largest absolute Gasteiger partial charge is 0.453 e. The van der Waals surface area contributed by atoms with Crippen molar-refractivity contribution < 1.29 is 14.3 Å². The van der Waals surface area contributed by atoms with Gasteiger partial charge in [0.25, 0.3) is 0 Å². The van der Waals surface area contributed by atoms with E-state index in [1.54, 1.807) is 24.3 Å². The zero-order valence-electron chi connectivity index (χ0n) is 17.0. The maximum atomic E-state index is 13.4. The molecule has 1 saturated carbocycles. The molecule has 1 aliphatic carbocycles. The fourth-order valence-electron chi connectivity index (χ4n) is 4.49. The number of hydrogen-bond acceptors (Lipinski definition) is 3. The molecule has 1 fully saturated rings. The van der Waals surface area contributed by atoms with Crippen LogP contribution < -0.4 is 0 Å². The van der Waals surface area contributed by atoms with E-state index in [-0.39, 0.29) is 29.5 Å². The lowest BCUT2D eigenvalue weighted by Gasteiger charge is -2.44. The Labute approximate surface area is 181 Å². The third-order valence-electron chi connectivity index (χ3n) is 6.39. The smallest absolute Gasteiger partial charge is 0.338 e. The second-order valence-corrected chi connectivity index (χ2v) is 8.91. The monoisotopic (exact) mass is 454 g/mol. The first-order valence-corrected chi connectivity index (χ1v) is 10.8. The van der Waals surface area contributed by atoms with Crippen LogP contribution in [0.5, 0.6) is 0 Å². The average Bonchev–Trinajstić information content (AvgIpc) is 2.73. The Hall–Kier alpha value is -2.20. The summed E-state index contributed by atoms with van der Waals surface area (Å²) in [5, 5.41) is 0. The molecular formula is C25H27BrO3. The first-order valence-electron chi connectivity index (χ1n) is 10.0. The molecule has 0 N–H and O–H groups in total. The van der Waals surface area contributed by atoms with Crippen LogP contribution in [0.25, 0.3) is 0 Å². The van der Waals surface area contributed by atoms with E-state index in [0.717, 1.165) is 10.0 Å². The first-order chi connectivity index (χ1) is 13.8. The Morgan fingerprint density at radius 1 is 1.03 bits per heavy atom. The Kier molecular flexibility index (Phi) is 6.74. The van der Waals surface area contributed by atoms with Gasteiger partial charge in [0.05, 0.1) is 11.5 Å². The third kappa shape index (κ3) is 4.37. The summed E-state index contributed by atoms with van der Waals surface area (Å²) in [6.07, 6.45) is 1.32. The van der Waals surface area contributed by atoms with Crippen LogP contribution in [0.2, 0.25) is 0 Å². The van der Waals surface area contributed by atoms with Gasteiger partial charge in [-0.2, -0.15) is 0 Å². The standard InChI is InChI=1S/C25H27BrO3/c1-5-21-15(2)16(3)23(27)22(17(21)4)24(18-9-7-6-8-10-18)29-25(28)19-11-13-20(26)14-12-19/h5-17,21-22,24H,1H2,2-4H3/t15-,16-,17+,21+,22-,24-/m0/s1. The van der Waals surface area contributed by atoms with Crippen molar-refractivity contribution in [2.45, 2.75) is 26.9 Å². The molecule has 4 heteroatoms. The van der Waals surface area contributed by atoms with E-state index in [2.05, 4.69) is 36.4 Å². The molecule has 2 aromatic rings. The van der Waals surface area contributed by atoms with Gasteiger partial charge in [0, 0.05) is 10.4 Å². The molecule has 0 saturated heterocycles. The van der Waals surface area contributed by atoms with Crippen LogP contribution >= 0.6 is 15.9 Å². The predicted molar refractivity (Wildman–Crippen MR) is 118 cm³/mol. The highest BCUT2D eigenvalue weighted by atomic mass is 79.9. The summed E-state index contributed by atoms with van der Waals surface area (Å²) in [4.78, 5) is 26.3. The highest BCUT2D eigenvalue weighted by Gasteiger charge is 2.48. The number of allylic oxidation sites excluding steroid dienone is 1. The zero-order valence-corrected chi connectivity index (χ0v) is 18.6. The normalized spacial score (nSPS) is 27.9. The van der Waals surface area contributed by atoms with Gasteiger partial charge in [-0.3, -0.25) is 4.79 Å². The van der Waals surface area contributed by atoms with Crippen LogP contribution in [0.15, 0.2) is 71.7 Å². The second-order valence-electron chi connectivity index (χ2n) is 7.99. The van der Waals surface area contributed by atoms with Gasteiger partial charge in [-0.05, 0) is 47.6 Å². The van der Waals surface area contributed by atoms with Crippen molar-refractivity contribution in [3.63, 3.8) is 0 Å². The molecule has 0 unspecified atom stereocenters. The number of ketones is 1. The van der Waals surface area contributed by atoms with E-state index in [0.29, 0.717) is 5.56 Å². The van der Waals surface area contributed by atoms with Gasteiger partial charge in [-0.1, -0.05) is 73.1 Å². The molecule has 0 amide bonds. The molecule has 0 aromatic heterocycles. The van der Waals surface area contributed by atoms with Crippen molar-refractivity contribution in [3.8, 4) is 0 Å². The molecule has 0 bridgehead atoms. The second kappa shape index (κ2) is 9.08. The summed E-state index contributed by atoms with van der Waals surface area (Å²) >= 11 is 3.38. The Balaban J connectivity index is 1.99. The molecule has 1 aliphatic rings. The molecule has 0 spiro atoms. The third-order valence-corrected chi connectivity index (χ3v) is 6.92. The Bertz CT molecular complexity index is 875. The van der Waals surface area contributed by atoms with E-state index < -0.39 is 18.0 Å². The molecular weight excluding hydrogens is 428 g/mol. The van der Waals surface area contributed by atoms with E-state index >= 15 is 0 Å². The van der Waals surface area contributed by atoms with Crippen LogP contribution in [0.3, 0.4) is 0 Å². The number of esters is 1. The lowest BCUT2D eigenvalue weighted by atomic mass is 9.61. The number of carbonyl (C=O) groups excluding carboxylic acids is 2. The van der Waals surface area contributed by atoms with Gasteiger partial charge < -0.3 is 4.74 Å². The van der Waals surface area contributed by atoms with Crippen LogP contribution in [-0.2, 0) is 9.53 Å². The van der Waals surface area contributed by atoms with Crippen LogP contribution in [0.4, 0.5) is 0 Å². The van der Waals surface area contributed by atoms with Crippen molar-refractivity contribution in [2.24, 2.45) is 29.6 Å². The summed E-state index contributed by atoms with van der Waals surface area (Å²) in [6, 6.07) is 16.6. The first kappa shape index (κ1) is 21.5. The predicted octanol–water partition coefficient (Wildman–Crippen LogP) is 6.26. The molecule has 3 nitrogen and oxygen atoms in total. The number of halogens is 1. The quantitative estimate of drug-likeness (QED) is 0.395. The minimum Gasteiger partial charge on any atom is -0.453 e. The van der Waals surface area contributed by atoms with Gasteiger partial charge in [0.15, 0.2) is 0 Å². The maximum absolute atomic E-state index is 13.4. The van der Waals surface area contributed by atoms with Crippen molar-refractivity contribution in [3.05, 3.63) is 82.9 Å². The lowest BCUT2D eigenvalue weighted by molar-refractivity contribution is -0.141. The summed E-state index contributed by atoms with van der Waals surface area (Å²) < 4.78 is 6.90. The Morgan fingerprint density at radius 3 is 2.24 bits per heavy atom. The van der Waals surface area contributed by atoms with Crippen molar-refractivity contribution in [2.75, 3.05) is 0 Å². The van der Waals surface area contributed by atoms with Crippen molar-refractivity contribution >= 4 is 27.7 Å². The van der Waals surface area contributed by atoms with Gasteiger partial charge in [0.2, 0.25) is 0 Å². The van der Waals surface area contributed by atoms with Crippen LogP contribution in [0.1, 0.15) is 42.8 Å². The SMILES string of the molecule is C=C[C@H]1[C@@H](C)[C@H]([C@@H](OC(=O)c2ccc(Br)cc2)c2ccccc2)C(=O)[C@@H](C)[C@@H]1C. The van der Waals surface area contributed by atoms with Crippen LogP contribution in [-0.4, -0.2) is 11.8 Å². The number of Topliss-reactive ketones (excluding diaryl/α,β-unsaturated/α-hetero) is 1. The zero-order chi connectivity index (χ0) is 21.1. The van der Waals surface area contributed by atoms with Gasteiger partial charge >= 0.3 is 5.97 Å². The fourth-order valence-corrected chi connectivity index (χ4v) is 4.75. The number of benzene rings is 2. The highest BCUT2D eigenvalue weighted by molar-refractivity contribution is 9.10. The van der Waals surface area contributed by atoms with Crippen molar-refractivity contribution in [1.29, 1.82) is 0 Å². The highest BCUT2D eigenvalue weighted by Crippen LogP contribution is 2.46. The molecule has 2 aromatic carbocycles. The number of rotatable bonds is 5. The Morgan fingerprint density at radius 2 is 1.66 bits per heavy atom. The molecule has 29 heavy (non-hydrogen) atoms. The summed E-state index contributed by atoms with van der Waals surface area (Å²) in [5.41, 5.74) is 1.31. The van der Waals surface area contributed by atoms with E-state index in [1.807, 2.05) is 43.3 Å². The number of hydrogen-bond donors (Lipinski definition) is 0. The number of ether oxygens (including phenoxy) is 1. The summed E-state index contributed by atoms with van der Waals surface area (Å²) in [6.45, 7) is 10.2. The minimum absolute atomic E-state index is 0.0223. The number of carbonyl (C=O) groups is 2. The molecule has 0 radical (unpaired) electrons. The van der Waals surface area contributed by atoms with Crippen LogP contribution in [0, 0.1) is 29.6 Å². The van der Waals surface area contributed by atoms with Gasteiger partial charge in [-0.15, -0.1) is 6.58 Å².